The Morgan fingerprint density at radius 2 is 1.38 bits per heavy atom. The van der Waals surface area contributed by atoms with Crippen LogP contribution in [0, 0.1) is 0 Å². The van der Waals surface area contributed by atoms with Crippen molar-refractivity contribution < 1.29 is 14.3 Å². The summed E-state index contributed by atoms with van der Waals surface area (Å²) in [5.74, 6) is 0.747. The smallest absolute Gasteiger partial charge is 0.415 e. The van der Waals surface area contributed by atoms with Crippen molar-refractivity contribution in [2.45, 2.75) is 12.1 Å². The van der Waals surface area contributed by atoms with Crippen LogP contribution in [-0.2, 0) is 4.74 Å². The van der Waals surface area contributed by atoms with Crippen LogP contribution in [0.3, 0.4) is 0 Å². The van der Waals surface area contributed by atoms with E-state index in [1.807, 2.05) is 84.9 Å². The molecule has 0 bridgehead atoms. The van der Waals surface area contributed by atoms with E-state index >= 15 is 0 Å². The molecule has 26 heavy (non-hydrogen) atoms. The summed E-state index contributed by atoms with van der Waals surface area (Å²) >= 11 is 0. The van der Waals surface area contributed by atoms with Gasteiger partial charge in [-0.15, -0.1) is 0 Å². The summed E-state index contributed by atoms with van der Waals surface area (Å²) in [6, 6.07) is 27.1. The highest BCUT2D eigenvalue weighted by atomic mass is 16.6. The number of rotatable bonds is 4. The van der Waals surface area contributed by atoms with Crippen LogP contribution in [0.5, 0.6) is 5.75 Å². The van der Waals surface area contributed by atoms with Crippen molar-refractivity contribution in [1.82, 2.24) is 0 Å². The number of hydrogen-bond donors (Lipinski definition) is 0. The fraction of sp³-hybridized carbons (Fsp3) is 0.136. The van der Waals surface area contributed by atoms with Gasteiger partial charge in [-0.2, -0.15) is 0 Å². The number of anilines is 1. The minimum absolute atomic E-state index is 0.237. The molecule has 1 heterocycles. The van der Waals surface area contributed by atoms with Crippen LogP contribution >= 0.6 is 0 Å². The Morgan fingerprint density at radius 1 is 0.808 bits per heavy atom. The first-order valence-electron chi connectivity index (χ1n) is 8.52. The summed E-state index contributed by atoms with van der Waals surface area (Å²) in [5.41, 5.74) is 2.79. The van der Waals surface area contributed by atoms with Gasteiger partial charge >= 0.3 is 6.09 Å². The summed E-state index contributed by atoms with van der Waals surface area (Å²) in [6.45, 7) is 0. The van der Waals surface area contributed by atoms with Crippen LogP contribution in [0.2, 0.25) is 0 Å². The molecule has 4 rings (SSSR count). The first kappa shape index (κ1) is 16.2. The quantitative estimate of drug-likeness (QED) is 0.657. The second kappa shape index (κ2) is 6.92. The zero-order valence-corrected chi connectivity index (χ0v) is 14.4. The molecule has 0 N–H and O–H groups in total. The lowest BCUT2D eigenvalue weighted by atomic mass is 9.95. The van der Waals surface area contributed by atoms with Crippen molar-refractivity contribution in [3.63, 3.8) is 0 Å². The summed E-state index contributed by atoms with van der Waals surface area (Å²) in [6.07, 6.45) is -0.717. The number of methoxy groups -OCH3 is 1. The number of benzene rings is 3. The third kappa shape index (κ3) is 2.90. The van der Waals surface area contributed by atoms with Crippen molar-refractivity contribution in [1.29, 1.82) is 0 Å². The highest BCUT2D eigenvalue weighted by Crippen LogP contribution is 2.45. The van der Waals surface area contributed by atoms with E-state index in [4.69, 9.17) is 9.47 Å². The molecular formula is C22H19NO3. The maximum absolute atomic E-state index is 12.8. The lowest BCUT2D eigenvalue weighted by Gasteiger charge is -2.25. The molecule has 3 aromatic rings. The van der Waals surface area contributed by atoms with Crippen molar-refractivity contribution in [2.24, 2.45) is 0 Å². The van der Waals surface area contributed by atoms with Gasteiger partial charge in [0.2, 0.25) is 0 Å². The summed E-state index contributed by atoms with van der Waals surface area (Å²) in [4.78, 5) is 14.5. The lowest BCUT2D eigenvalue weighted by molar-refractivity contribution is 0.132. The first-order valence-corrected chi connectivity index (χ1v) is 8.52. The monoisotopic (exact) mass is 345 g/mol. The van der Waals surface area contributed by atoms with Crippen LogP contribution in [0.15, 0.2) is 84.9 Å². The SMILES string of the molecule is COc1ccc(N2C(=O)O[C@@H](c3ccccc3)[C@H]2c2ccccc2)cc1. The second-order valence-electron chi connectivity index (χ2n) is 6.14. The molecule has 1 saturated heterocycles. The van der Waals surface area contributed by atoms with Crippen molar-refractivity contribution in [3.8, 4) is 5.75 Å². The Hall–Kier alpha value is -3.27. The Bertz CT molecular complexity index is 878. The van der Waals surface area contributed by atoms with Gasteiger partial charge in [0.25, 0.3) is 0 Å². The van der Waals surface area contributed by atoms with Crippen molar-refractivity contribution >= 4 is 11.8 Å². The van der Waals surface area contributed by atoms with Crippen LogP contribution < -0.4 is 9.64 Å². The number of hydrogen-bond acceptors (Lipinski definition) is 3. The number of nitrogens with zero attached hydrogens (tertiary/aromatic N) is 1. The minimum atomic E-state index is -0.367. The summed E-state index contributed by atoms with van der Waals surface area (Å²) in [5, 5.41) is 0. The summed E-state index contributed by atoms with van der Waals surface area (Å²) in [7, 11) is 1.62. The predicted octanol–water partition coefficient (Wildman–Crippen LogP) is 5.13. The zero-order chi connectivity index (χ0) is 17.9. The number of amides is 1. The molecule has 0 aliphatic carbocycles. The molecule has 0 saturated carbocycles. The van der Waals surface area contributed by atoms with E-state index in [-0.39, 0.29) is 18.2 Å². The first-order chi connectivity index (χ1) is 12.8. The maximum Gasteiger partial charge on any atom is 0.415 e. The Morgan fingerprint density at radius 3 is 1.96 bits per heavy atom. The number of carbonyl (C=O) groups excluding carboxylic acids is 1. The third-order valence-electron chi connectivity index (χ3n) is 4.61. The molecule has 4 nitrogen and oxygen atoms in total. The molecule has 130 valence electrons. The highest BCUT2D eigenvalue weighted by molar-refractivity contribution is 5.91. The van der Waals surface area contributed by atoms with E-state index in [2.05, 4.69) is 0 Å². The molecule has 0 spiro atoms. The van der Waals surface area contributed by atoms with Gasteiger partial charge in [-0.05, 0) is 35.4 Å². The topological polar surface area (TPSA) is 38.8 Å². The molecule has 0 aromatic heterocycles. The molecule has 1 aliphatic heterocycles. The third-order valence-corrected chi connectivity index (χ3v) is 4.61. The number of carbonyl (C=O) groups is 1. The van der Waals surface area contributed by atoms with E-state index in [9.17, 15) is 4.79 Å². The Labute approximate surface area is 152 Å². The van der Waals surface area contributed by atoms with Gasteiger partial charge in [0.05, 0.1) is 7.11 Å². The Balaban J connectivity index is 1.79. The molecule has 1 fully saturated rings. The van der Waals surface area contributed by atoms with Gasteiger partial charge in [-0.1, -0.05) is 60.7 Å². The molecule has 2 atom stereocenters. The second-order valence-corrected chi connectivity index (χ2v) is 6.14. The van der Waals surface area contributed by atoms with E-state index in [1.165, 1.54) is 0 Å². The highest BCUT2D eigenvalue weighted by Gasteiger charge is 2.44. The van der Waals surface area contributed by atoms with E-state index in [1.54, 1.807) is 12.0 Å². The van der Waals surface area contributed by atoms with E-state index in [0.717, 1.165) is 22.6 Å². The van der Waals surface area contributed by atoms with Crippen LogP contribution in [0.4, 0.5) is 10.5 Å². The standard InChI is InChI=1S/C22H19NO3/c1-25-19-14-12-18(13-15-19)23-20(16-8-4-2-5-9-16)21(26-22(23)24)17-10-6-3-7-11-17/h2-15,20-21H,1H3/t20-,21+/m1/s1. The van der Waals surface area contributed by atoms with E-state index in [0.29, 0.717) is 0 Å². The Kier molecular flexibility index (Phi) is 4.32. The minimum Gasteiger partial charge on any atom is -0.497 e. The number of cyclic esters (lactones) is 1. The average Bonchev–Trinajstić information content (AvgIpc) is 3.06. The van der Waals surface area contributed by atoms with Gasteiger partial charge in [0.1, 0.15) is 11.8 Å². The van der Waals surface area contributed by atoms with Crippen LogP contribution in [0.1, 0.15) is 23.3 Å². The number of ether oxygens (including phenoxy) is 2. The van der Waals surface area contributed by atoms with Crippen molar-refractivity contribution in [2.75, 3.05) is 12.0 Å². The average molecular weight is 345 g/mol. The normalized spacial score (nSPS) is 19.3. The van der Waals surface area contributed by atoms with Crippen molar-refractivity contribution in [3.05, 3.63) is 96.1 Å². The predicted molar refractivity (Wildman–Crippen MR) is 100 cm³/mol. The fourth-order valence-corrected chi connectivity index (χ4v) is 3.35. The molecular weight excluding hydrogens is 326 g/mol. The molecule has 1 amide bonds. The molecule has 0 radical (unpaired) electrons. The molecule has 4 heteroatoms. The van der Waals surface area contributed by atoms with Gasteiger partial charge in [0.15, 0.2) is 6.10 Å². The van der Waals surface area contributed by atoms with Crippen LogP contribution in [-0.4, -0.2) is 13.2 Å². The molecule has 0 unspecified atom stereocenters. The van der Waals surface area contributed by atoms with Gasteiger partial charge in [-0.3, -0.25) is 4.90 Å². The maximum atomic E-state index is 12.8. The fourth-order valence-electron chi connectivity index (χ4n) is 3.35. The zero-order valence-electron chi connectivity index (χ0n) is 14.4. The van der Waals surface area contributed by atoms with Crippen LogP contribution in [0.25, 0.3) is 0 Å². The van der Waals surface area contributed by atoms with Gasteiger partial charge in [-0.25, -0.2) is 4.79 Å². The largest absolute Gasteiger partial charge is 0.497 e. The summed E-state index contributed by atoms with van der Waals surface area (Å²) < 4.78 is 11.0. The molecule has 3 aromatic carbocycles. The lowest BCUT2D eigenvalue weighted by Crippen LogP contribution is -2.27. The molecule has 1 aliphatic rings. The van der Waals surface area contributed by atoms with Gasteiger partial charge in [0, 0.05) is 5.69 Å². The van der Waals surface area contributed by atoms with Gasteiger partial charge < -0.3 is 9.47 Å². The van der Waals surface area contributed by atoms with E-state index < -0.39 is 0 Å².